The van der Waals surface area contributed by atoms with Crippen molar-refractivity contribution in [3.63, 3.8) is 0 Å². The number of hydrogen-bond acceptors (Lipinski definition) is 3. The molecule has 124 valence electrons. The fourth-order valence-corrected chi connectivity index (χ4v) is 2.64. The van der Waals surface area contributed by atoms with E-state index in [-0.39, 0.29) is 6.61 Å². The fourth-order valence-electron chi connectivity index (χ4n) is 2.19. The predicted molar refractivity (Wildman–Crippen MR) is 91.9 cm³/mol. The van der Waals surface area contributed by atoms with E-state index < -0.39 is 17.1 Å². The Morgan fingerprint density at radius 2 is 2.05 bits per heavy atom. The topological polar surface area (TPSA) is 58.6 Å². The summed E-state index contributed by atoms with van der Waals surface area (Å²) in [5, 5.41) is 12.6. The van der Waals surface area contributed by atoms with Crippen LogP contribution in [0.4, 0.5) is 4.79 Å². The van der Waals surface area contributed by atoms with Crippen LogP contribution in [0.5, 0.6) is 0 Å². The van der Waals surface area contributed by atoms with Crippen molar-refractivity contribution in [1.29, 1.82) is 0 Å². The fraction of sp³-hybridized carbons (Fsp3) is 0.588. The highest BCUT2D eigenvalue weighted by atomic mass is 79.9. The van der Waals surface area contributed by atoms with E-state index in [9.17, 15) is 9.90 Å². The SMILES string of the molecule is CCC(CO)(CNC(=O)OC(C)(C)C)Cc1cccc(Br)c1. The van der Waals surface area contributed by atoms with Crippen molar-refractivity contribution in [2.45, 2.75) is 46.1 Å². The molecule has 0 aliphatic carbocycles. The van der Waals surface area contributed by atoms with E-state index in [2.05, 4.69) is 21.2 Å². The number of benzene rings is 1. The number of carbonyl (C=O) groups excluding carboxylic acids is 1. The second-order valence-electron chi connectivity index (χ2n) is 6.67. The van der Waals surface area contributed by atoms with Crippen molar-refractivity contribution in [3.05, 3.63) is 34.3 Å². The van der Waals surface area contributed by atoms with Gasteiger partial charge in [-0.25, -0.2) is 4.79 Å². The van der Waals surface area contributed by atoms with E-state index in [1.54, 1.807) is 0 Å². The molecule has 0 aliphatic rings. The van der Waals surface area contributed by atoms with E-state index in [1.807, 2.05) is 52.0 Å². The van der Waals surface area contributed by atoms with Crippen LogP contribution in [0.25, 0.3) is 0 Å². The number of hydrogen-bond donors (Lipinski definition) is 2. The maximum absolute atomic E-state index is 11.8. The summed E-state index contributed by atoms with van der Waals surface area (Å²) >= 11 is 3.46. The molecule has 0 radical (unpaired) electrons. The van der Waals surface area contributed by atoms with Crippen LogP contribution in [0.2, 0.25) is 0 Å². The summed E-state index contributed by atoms with van der Waals surface area (Å²) in [5.74, 6) is 0. The molecular weight excluding hydrogens is 346 g/mol. The second kappa shape index (κ2) is 7.97. The smallest absolute Gasteiger partial charge is 0.407 e. The molecule has 1 aromatic carbocycles. The molecule has 4 nitrogen and oxygen atoms in total. The van der Waals surface area contributed by atoms with Crippen molar-refractivity contribution in [3.8, 4) is 0 Å². The predicted octanol–water partition coefficient (Wildman–Crippen LogP) is 3.91. The van der Waals surface area contributed by atoms with Crippen molar-refractivity contribution in [2.75, 3.05) is 13.2 Å². The molecule has 0 bridgehead atoms. The number of amides is 1. The molecule has 5 heteroatoms. The Bertz CT molecular complexity index is 493. The maximum Gasteiger partial charge on any atom is 0.407 e. The monoisotopic (exact) mass is 371 g/mol. The van der Waals surface area contributed by atoms with E-state index >= 15 is 0 Å². The molecule has 1 aromatic rings. The number of aliphatic hydroxyl groups is 1. The van der Waals surface area contributed by atoms with Crippen LogP contribution >= 0.6 is 15.9 Å². The molecule has 0 fully saturated rings. The first kappa shape index (κ1) is 19.0. The first-order valence-electron chi connectivity index (χ1n) is 7.52. The number of aliphatic hydroxyl groups excluding tert-OH is 1. The molecule has 0 saturated carbocycles. The first-order chi connectivity index (χ1) is 10.2. The summed E-state index contributed by atoms with van der Waals surface area (Å²) in [6.45, 7) is 7.88. The summed E-state index contributed by atoms with van der Waals surface area (Å²) in [6, 6.07) is 8.00. The van der Waals surface area contributed by atoms with E-state index in [4.69, 9.17) is 4.74 Å². The molecule has 2 N–H and O–H groups in total. The largest absolute Gasteiger partial charge is 0.444 e. The average Bonchev–Trinajstić information content (AvgIpc) is 2.42. The molecule has 0 spiro atoms. The van der Waals surface area contributed by atoms with Crippen molar-refractivity contribution >= 4 is 22.0 Å². The van der Waals surface area contributed by atoms with Crippen molar-refractivity contribution in [2.24, 2.45) is 5.41 Å². The third-order valence-corrected chi connectivity index (χ3v) is 4.05. The van der Waals surface area contributed by atoms with E-state index in [0.29, 0.717) is 13.0 Å². The van der Waals surface area contributed by atoms with Crippen molar-refractivity contribution in [1.82, 2.24) is 5.32 Å². The normalized spacial score (nSPS) is 14.3. The van der Waals surface area contributed by atoms with Gasteiger partial charge in [-0.3, -0.25) is 0 Å². The molecule has 0 saturated heterocycles. The number of alkyl carbamates (subject to hydrolysis) is 1. The Hall–Kier alpha value is -1.07. The highest BCUT2D eigenvalue weighted by Gasteiger charge is 2.29. The van der Waals surface area contributed by atoms with Crippen LogP contribution < -0.4 is 5.32 Å². The number of halogens is 1. The van der Waals surface area contributed by atoms with Gasteiger partial charge < -0.3 is 15.2 Å². The molecule has 1 unspecified atom stereocenters. The lowest BCUT2D eigenvalue weighted by molar-refractivity contribution is 0.0461. The van der Waals surface area contributed by atoms with E-state index in [0.717, 1.165) is 16.5 Å². The Balaban J connectivity index is 2.72. The third kappa shape index (κ3) is 6.36. The van der Waals surface area contributed by atoms with Gasteiger partial charge in [-0.2, -0.15) is 0 Å². The van der Waals surface area contributed by atoms with Gasteiger partial charge in [-0.05, 0) is 51.3 Å². The number of rotatable bonds is 6. The minimum absolute atomic E-state index is 0.00577. The van der Waals surface area contributed by atoms with Crippen LogP contribution in [0.15, 0.2) is 28.7 Å². The number of nitrogens with one attached hydrogen (secondary N) is 1. The Morgan fingerprint density at radius 3 is 2.55 bits per heavy atom. The zero-order valence-corrected chi connectivity index (χ0v) is 15.4. The van der Waals surface area contributed by atoms with Crippen molar-refractivity contribution < 1.29 is 14.6 Å². The summed E-state index contributed by atoms with van der Waals surface area (Å²) in [4.78, 5) is 11.8. The second-order valence-corrected chi connectivity index (χ2v) is 7.59. The zero-order chi connectivity index (χ0) is 16.8. The van der Waals surface area contributed by atoms with Crippen LogP contribution in [0.1, 0.15) is 39.7 Å². The molecular formula is C17H26BrNO3. The maximum atomic E-state index is 11.8. The van der Waals surface area contributed by atoms with Crippen LogP contribution in [0, 0.1) is 5.41 Å². The van der Waals surface area contributed by atoms with Gasteiger partial charge in [-0.1, -0.05) is 35.0 Å². The lowest BCUT2D eigenvalue weighted by Crippen LogP contribution is -2.43. The van der Waals surface area contributed by atoms with Crippen LogP contribution in [-0.2, 0) is 11.2 Å². The molecule has 0 aliphatic heterocycles. The van der Waals surface area contributed by atoms with Gasteiger partial charge in [0.05, 0.1) is 6.61 Å². The highest BCUT2D eigenvalue weighted by Crippen LogP contribution is 2.27. The van der Waals surface area contributed by atoms with Gasteiger partial charge in [0, 0.05) is 16.4 Å². The van der Waals surface area contributed by atoms with Gasteiger partial charge in [0.1, 0.15) is 5.60 Å². The molecule has 0 aromatic heterocycles. The molecule has 0 heterocycles. The van der Waals surface area contributed by atoms with Gasteiger partial charge in [0.15, 0.2) is 0 Å². The molecule has 22 heavy (non-hydrogen) atoms. The van der Waals surface area contributed by atoms with Gasteiger partial charge in [0.25, 0.3) is 0 Å². The van der Waals surface area contributed by atoms with Gasteiger partial charge in [0.2, 0.25) is 0 Å². The van der Waals surface area contributed by atoms with Crippen LogP contribution in [0.3, 0.4) is 0 Å². The summed E-state index contributed by atoms with van der Waals surface area (Å²) in [6.07, 6.45) is 0.995. The minimum Gasteiger partial charge on any atom is -0.444 e. The molecule has 1 amide bonds. The van der Waals surface area contributed by atoms with Crippen LogP contribution in [-0.4, -0.2) is 30.0 Å². The number of carbonyl (C=O) groups is 1. The zero-order valence-electron chi connectivity index (χ0n) is 13.8. The highest BCUT2D eigenvalue weighted by molar-refractivity contribution is 9.10. The lowest BCUT2D eigenvalue weighted by atomic mass is 9.80. The first-order valence-corrected chi connectivity index (χ1v) is 8.31. The average molecular weight is 372 g/mol. The van der Waals surface area contributed by atoms with E-state index in [1.165, 1.54) is 0 Å². The minimum atomic E-state index is -0.525. The Kier molecular flexibility index (Phi) is 6.88. The summed E-state index contributed by atoms with van der Waals surface area (Å²) < 4.78 is 6.26. The van der Waals surface area contributed by atoms with Gasteiger partial charge in [-0.15, -0.1) is 0 Å². The standard InChI is InChI=1S/C17H26BrNO3/c1-5-17(12-20,10-13-7-6-8-14(18)9-13)11-19-15(21)22-16(2,3)4/h6-9,20H,5,10-12H2,1-4H3,(H,19,21). The Morgan fingerprint density at radius 1 is 1.36 bits per heavy atom. The quantitative estimate of drug-likeness (QED) is 0.796. The Labute approximate surface area is 141 Å². The molecule has 1 atom stereocenters. The lowest BCUT2D eigenvalue weighted by Gasteiger charge is -2.31. The summed E-state index contributed by atoms with van der Waals surface area (Å²) in [7, 11) is 0. The number of ether oxygens (including phenoxy) is 1. The molecule has 1 rings (SSSR count). The third-order valence-electron chi connectivity index (χ3n) is 3.56. The van der Waals surface area contributed by atoms with Gasteiger partial charge >= 0.3 is 6.09 Å². The summed E-state index contributed by atoms with van der Waals surface area (Å²) in [5.41, 5.74) is 0.205.